The van der Waals surface area contributed by atoms with Gasteiger partial charge in [0.25, 0.3) is 0 Å². The fourth-order valence-electron chi connectivity index (χ4n) is 4.09. The Morgan fingerprint density at radius 2 is 2.00 bits per heavy atom. The predicted molar refractivity (Wildman–Crippen MR) is 109 cm³/mol. The first-order chi connectivity index (χ1) is 13.9. The zero-order valence-corrected chi connectivity index (χ0v) is 17.0. The summed E-state index contributed by atoms with van der Waals surface area (Å²) in [6.07, 6.45) is -2.41. The van der Waals surface area contributed by atoms with Crippen LogP contribution in [0.3, 0.4) is 0 Å². The van der Waals surface area contributed by atoms with E-state index in [-0.39, 0.29) is 6.04 Å². The van der Waals surface area contributed by atoms with Crippen LogP contribution < -0.4 is 20.3 Å². The maximum atomic E-state index is 12.5. The van der Waals surface area contributed by atoms with Crippen molar-refractivity contribution < 1.29 is 17.9 Å². The van der Waals surface area contributed by atoms with Crippen LogP contribution in [-0.2, 0) is 0 Å². The minimum atomic E-state index is -4.15. The monoisotopic (exact) mass is 413 g/mol. The molecule has 2 fully saturated rings. The number of ether oxygens (including phenoxy) is 1. The summed E-state index contributed by atoms with van der Waals surface area (Å²) in [6, 6.07) is 8.00. The Bertz CT molecular complexity index is 697. The minimum absolute atomic E-state index is 0.0165. The summed E-state index contributed by atoms with van der Waals surface area (Å²) >= 11 is 0. The number of rotatable bonds is 6. The molecule has 2 atom stereocenters. The molecule has 2 saturated heterocycles. The lowest BCUT2D eigenvalue weighted by Crippen LogP contribution is -2.46. The average Bonchev–Trinajstić information content (AvgIpc) is 3.33. The number of hydrogen-bond acceptors (Lipinski definition) is 4. The van der Waals surface area contributed by atoms with E-state index in [0.717, 1.165) is 37.5 Å². The molecule has 0 radical (unpaired) electrons. The maximum Gasteiger partial charge on any atom is 0.401 e. The molecular weight excluding hydrogens is 383 g/mol. The molecule has 0 aliphatic carbocycles. The van der Waals surface area contributed by atoms with E-state index in [4.69, 9.17) is 4.74 Å². The second-order valence-corrected chi connectivity index (χ2v) is 7.71. The van der Waals surface area contributed by atoms with Gasteiger partial charge in [0, 0.05) is 45.8 Å². The van der Waals surface area contributed by atoms with Crippen molar-refractivity contribution >= 4 is 11.6 Å². The van der Waals surface area contributed by atoms with Crippen LogP contribution in [0, 0.1) is 5.92 Å². The third kappa shape index (κ3) is 6.16. The standard InChI is InChI=1S/C20H30F3N5O/c1-24-19(26-16-8-9-27(13-16)14-20(21,22)23)25-11-15-7-10-28(12-15)17-5-3-4-6-18(17)29-2/h3-6,15-16H,7-14H2,1-2H3,(H2,24,25,26). The fourth-order valence-corrected chi connectivity index (χ4v) is 4.09. The number of halogens is 3. The third-order valence-electron chi connectivity index (χ3n) is 5.51. The zero-order chi connectivity index (χ0) is 20.9. The highest BCUT2D eigenvalue weighted by Crippen LogP contribution is 2.31. The molecule has 0 saturated carbocycles. The Kier molecular flexibility index (Phi) is 7.10. The number of hydrogen-bond donors (Lipinski definition) is 2. The molecule has 3 rings (SSSR count). The largest absolute Gasteiger partial charge is 0.495 e. The van der Waals surface area contributed by atoms with Gasteiger partial charge in [0.2, 0.25) is 0 Å². The number of nitrogens with zero attached hydrogens (tertiary/aromatic N) is 3. The van der Waals surface area contributed by atoms with Crippen molar-refractivity contribution in [2.45, 2.75) is 25.1 Å². The van der Waals surface area contributed by atoms with Crippen LogP contribution in [-0.4, -0.2) is 76.5 Å². The SMILES string of the molecule is CN=C(NCC1CCN(c2ccccc2OC)C1)NC1CCN(CC(F)(F)F)C1. The molecule has 0 bridgehead atoms. The summed E-state index contributed by atoms with van der Waals surface area (Å²) < 4.78 is 43.1. The topological polar surface area (TPSA) is 52.1 Å². The summed E-state index contributed by atoms with van der Waals surface area (Å²) in [5.74, 6) is 1.99. The van der Waals surface area contributed by atoms with Gasteiger partial charge >= 0.3 is 6.18 Å². The first kappa shape index (κ1) is 21.5. The molecule has 0 aromatic heterocycles. The van der Waals surface area contributed by atoms with E-state index >= 15 is 0 Å². The summed E-state index contributed by atoms with van der Waals surface area (Å²) in [7, 11) is 3.37. The van der Waals surface area contributed by atoms with Gasteiger partial charge in [-0.3, -0.25) is 9.89 Å². The number of nitrogens with one attached hydrogen (secondary N) is 2. The highest BCUT2D eigenvalue weighted by Gasteiger charge is 2.34. The first-order valence-electron chi connectivity index (χ1n) is 10.0. The van der Waals surface area contributed by atoms with E-state index in [1.54, 1.807) is 14.2 Å². The quantitative estimate of drug-likeness (QED) is 0.554. The van der Waals surface area contributed by atoms with Gasteiger partial charge in [0.05, 0.1) is 19.3 Å². The lowest BCUT2D eigenvalue weighted by molar-refractivity contribution is -0.143. The Labute approximate surface area is 170 Å². The maximum absolute atomic E-state index is 12.5. The van der Waals surface area contributed by atoms with Crippen LogP contribution in [0.15, 0.2) is 29.3 Å². The molecule has 9 heteroatoms. The van der Waals surface area contributed by atoms with E-state index in [0.29, 0.717) is 31.4 Å². The molecule has 29 heavy (non-hydrogen) atoms. The van der Waals surface area contributed by atoms with Crippen LogP contribution in [0.1, 0.15) is 12.8 Å². The van der Waals surface area contributed by atoms with Crippen molar-refractivity contribution in [3.8, 4) is 5.75 Å². The number of anilines is 1. The Hall–Kier alpha value is -2.16. The second-order valence-electron chi connectivity index (χ2n) is 7.71. The number of alkyl halides is 3. The van der Waals surface area contributed by atoms with Gasteiger partial charge in [-0.25, -0.2) is 0 Å². The average molecular weight is 413 g/mol. The lowest BCUT2D eigenvalue weighted by Gasteiger charge is -2.22. The predicted octanol–water partition coefficient (Wildman–Crippen LogP) is 2.32. The summed E-state index contributed by atoms with van der Waals surface area (Å²) in [6.45, 7) is 2.64. The van der Waals surface area contributed by atoms with Crippen molar-refractivity contribution in [1.82, 2.24) is 15.5 Å². The molecule has 2 heterocycles. The molecule has 2 N–H and O–H groups in total. The van der Waals surface area contributed by atoms with E-state index < -0.39 is 12.7 Å². The summed E-state index contributed by atoms with van der Waals surface area (Å²) in [5.41, 5.74) is 1.11. The lowest BCUT2D eigenvalue weighted by atomic mass is 10.1. The van der Waals surface area contributed by atoms with E-state index in [9.17, 15) is 13.2 Å². The molecule has 0 amide bonds. The Morgan fingerprint density at radius 1 is 1.21 bits per heavy atom. The zero-order valence-electron chi connectivity index (χ0n) is 17.0. The van der Waals surface area contributed by atoms with Crippen LogP contribution in [0.5, 0.6) is 5.75 Å². The first-order valence-corrected chi connectivity index (χ1v) is 10.0. The number of likely N-dealkylation sites (tertiary alicyclic amines) is 1. The summed E-state index contributed by atoms with van der Waals surface area (Å²) in [5, 5.41) is 6.60. The van der Waals surface area contributed by atoms with Gasteiger partial charge in [-0.05, 0) is 30.9 Å². The van der Waals surface area contributed by atoms with E-state index in [1.165, 1.54) is 4.90 Å². The van der Waals surface area contributed by atoms with Crippen molar-refractivity contribution in [2.75, 3.05) is 58.3 Å². The molecule has 162 valence electrons. The van der Waals surface area contributed by atoms with Crippen LogP contribution in [0.4, 0.5) is 18.9 Å². The molecular formula is C20H30F3N5O. The molecule has 2 aliphatic rings. The van der Waals surface area contributed by atoms with Gasteiger partial charge in [-0.1, -0.05) is 12.1 Å². The number of aliphatic imine (C=N–C) groups is 1. The van der Waals surface area contributed by atoms with Crippen molar-refractivity contribution in [1.29, 1.82) is 0 Å². The van der Waals surface area contributed by atoms with Gasteiger partial charge in [-0.2, -0.15) is 13.2 Å². The number of para-hydroxylation sites is 2. The van der Waals surface area contributed by atoms with E-state index in [2.05, 4.69) is 26.6 Å². The highest BCUT2D eigenvalue weighted by atomic mass is 19.4. The third-order valence-corrected chi connectivity index (χ3v) is 5.51. The number of guanidine groups is 1. The van der Waals surface area contributed by atoms with E-state index in [1.807, 2.05) is 18.2 Å². The highest BCUT2D eigenvalue weighted by molar-refractivity contribution is 5.80. The van der Waals surface area contributed by atoms with Gasteiger partial charge in [0.15, 0.2) is 5.96 Å². The van der Waals surface area contributed by atoms with Crippen molar-refractivity contribution in [2.24, 2.45) is 10.9 Å². The fraction of sp³-hybridized carbons (Fsp3) is 0.650. The smallest absolute Gasteiger partial charge is 0.401 e. The van der Waals surface area contributed by atoms with Gasteiger partial charge in [-0.15, -0.1) is 0 Å². The molecule has 0 spiro atoms. The number of methoxy groups -OCH3 is 1. The van der Waals surface area contributed by atoms with Crippen molar-refractivity contribution in [3.05, 3.63) is 24.3 Å². The summed E-state index contributed by atoms with van der Waals surface area (Å²) in [4.78, 5) is 8.00. The van der Waals surface area contributed by atoms with Crippen LogP contribution >= 0.6 is 0 Å². The second kappa shape index (κ2) is 9.56. The van der Waals surface area contributed by atoms with Gasteiger partial charge < -0.3 is 20.3 Å². The molecule has 2 aliphatic heterocycles. The molecule has 2 unspecified atom stereocenters. The minimum Gasteiger partial charge on any atom is -0.495 e. The normalized spacial score (nSPS) is 23.5. The molecule has 1 aromatic carbocycles. The Morgan fingerprint density at radius 3 is 2.72 bits per heavy atom. The Balaban J connectivity index is 1.44. The van der Waals surface area contributed by atoms with Crippen LogP contribution in [0.25, 0.3) is 0 Å². The van der Waals surface area contributed by atoms with Crippen molar-refractivity contribution in [3.63, 3.8) is 0 Å². The number of benzene rings is 1. The van der Waals surface area contributed by atoms with Gasteiger partial charge in [0.1, 0.15) is 5.75 Å². The van der Waals surface area contributed by atoms with Crippen LogP contribution in [0.2, 0.25) is 0 Å². The molecule has 6 nitrogen and oxygen atoms in total. The molecule has 1 aromatic rings.